The molecule has 0 radical (unpaired) electrons. The van der Waals surface area contributed by atoms with E-state index in [0.29, 0.717) is 24.9 Å². The van der Waals surface area contributed by atoms with Gasteiger partial charge in [0.1, 0.15) is 24.9 Å². The highest BCUT2D eigenvalue weighted by molar-refractivity contribution is 5.75. The molecule has 0 spiro atoms. The first-order valence-corrected chi connectivity index (χ1v) is 4.82. The van der Waals surface area contributed by atoms with Gasteiger partial charge in [-0.3, -0.25) is 9.59 Å². The van der Waals surface area contributed by atoms with Gasteiger partial charge >= 0.3 is 0 Å². The van der Waals surface area contributed by atoms with Gasteiger partial charge in [0.25, 0.3) is 0 Å². The van der Waals surface area contributed by atoms with Crippen LogP contribution in [0.25, 0.3) is 6.08 Å². The van der Waals surface area contributed by atoms with Crippen molar-refractivity contribution in [1.29, 1.82) is 0 Å². The van der Waals surface area contributed by atoms with Crippen LogP contribution >= 0.6 is 0 Å². The highest BCUT2D eigenvalue weighted by Gasteiger charge is 1.97. The zero-order valence-electron chi connectivity index (χ0n) is 8.71. The van der Waals surface area contributed by atoms with E-state index in [9.17, 15) is 9.59 Å². The van der Waals surface area contributed by atoms with Crippen molar-refractivity contribution in [3.8, 4) is 5.75 Å². The molecule has 16 heavy (non-hydrogen) atoms. The molecule has 1 aromatic carbocycles. The quantitative estimate of drug-likeness (QED) is 0.539. The van der Waals surface area contributed by atoms with E-state index in [1.54, 1.807) is 18.2 Å². The summed E-state index contributed by atoms with van der Waals surface area (Å²) in [6.07, 6.45) is 7.48. The van der Waals surface area contributed by atoms with Crippen molar-refractivity contribution >= 4 is 18.6 Å². The highest BCUT2D eigenvalue weighted by Crippen LogP contribution is 2.19. The molecule has 82 valence electrons. The number of rotatable bonds is 6. The van der Waals surface area contributed by atoms with Crippen molar-refractivity contribution in [3.63, 3.8) is 0 Å². The Balaban J connectivity index is 2.70. The van der Waals surface area contributed by atoms with Crippen LogP contribution in [0.1, 0.15) is 5.56 Å². The first-order chi connectivity index (χ1) is 7.88. The number of hydrogen-bond donors (Lipinski definition) is 0. The van der Waals surface area contributed by atoms with E-state index in [1.165, 1.54) is 12.2 Å². The molecule has 0 N–H and O–H groups in total. The number of carbonyl (C=O) groups is 2. The molecule has 3 heteroatoms. The molecule has 0 unspecified atom stereocenters. The molecule has 0 amide bonds. The molecule has 0 aliphatic rings. The average Bonchev–Trinajstić information content (AvgIpc) is 2.33. The maximum absolute atomic E-state index is 10.2. The Morgan fingerprint density at radius 1 is 1.06 bits per heavy atom. The molecular weight excluding hydrogens is 204 g/mol. The topological polar surface area (TPSA) is 43.4 Å². The van der Waals surface area contributed by atoms with E-state index in [1.807, 2.05) is 18.2 Å². The third kappa shape index (κ3) is 3.92. The van der Waals surface area contributed by atoms with E-state index in [2.05, 4.69) is 0 Å². The molecular formula is C13H12O3. The number of ether oxygens (including phenoxy) is 1. The summed E-state index contributed by atoms with van der Waals surface area (Å²) in [5, 5.41) is 0. The second kappa shape index (κ2) is 7.17. The number of carbonyl (C=O) groups excluding carboxylic acids is 2. The Morgan fingerprint density at radius 2 is 1.81 bits per heavy atom. The zero-order valence-corrected chi connectivity index (χ0v) is 8.71. The fourth-order valence-electron chi connectivity index (χ4n) is 1.14. The maximum Gasteiger partial charge on any atom is 0.142 e. The lowest BCUT2D eigenvalue weighted by molar-refractivity contribution is -0.104. The summed E-state index contributed by atoms with van der Waals surface area (Å²) in [6.45, 7) is 0.324. The van der Waals surface area contributed by atoms with Crippen LogP contribution in [0.4, 0.5) is 0 Å². The third-order valence-corrected chi connectivity index (χ3v) is 1.82. The van der Waals surface area contributed by atoms with E-state index < -0.39 is 0 Å². The first kappa shape index (κ1) is 11.9. The summed E-state index contributed by atoms with van der Waals surface area (Å²) in [4.78, 5) is 20.2. The number of allylic oxidation sites excluding steroid dienone is 2. The number of hydrogen-bond acceptors (Lipinski definition) is 3. The highest BCUT2D eigenvalue weighted by atomic mass is 16.5. The minimum absolute atomic E-state index is 0.324. The minimum atomic E-state index is 0.324. The standard InChI is InChI=1S/C13H12O3/c14-9-3-4-11-16-13-8-2-1-6-12(13)7-5-10-15/h1-10H,11H2/b4-3+,7-5+. The van der Waals surface area contributed by atoms with Crippen LogP contribution in [-0.4, -0.2) is 19.2 Å². The molecule has 0 fully saturated rings. The zero-order chi connectivity index (χ0) is 11.6. The summed E-state index contributed by atoms with van der Waals surface area (Å²) in [7, 11) is 0. The first-order valence-electron chi connectivity index (χ1n) is 4.82. The van der Waals surface area contributed by atoms with Gasteiger partial charge in [-0.25, -0.2) is 0 Å². The van der Waals surface area contributed by atoms with Gasteiger partial charge in [-0.1, -0.05) is 18.2 Å². The number of para-hydroxylation sites is 1. The van der Waals surface area contributed by atoms with Crippen LogP contribution in [0.5, 0.6) is 5.75 Å². The van der Waals surface area contributed by atoms with Gasteiger partial charge in [0.05, 0.1) is 0 Å². The van der Waals surface area contributed by atoms with Crippen molar-refractivity contribution in [3.05, 3.63) is 48.1 Å². The summed E-state index contributed by atoms with van der Waals surface area (Å²) in [5.41, 5.74) is 0.828. The largest absolute Gasteiger partial charge is 0.489 e. The van der Waals surface area contributed by atoms with Crippen molar-refractivity contribution in [2.75, 3.05) is 6.61 Å². The predicted molar refractivity (Wildman–Crippen MR) is 62.2 cm³/mol. The van der Waals surface area contributed by atoms with Gasteiger partial charge < -0.3 is 4.74 Å². The van der Waals surface area contributed by atoms with Gasteiger partial charge in [0.15, 0.2) is 0 Å². The summed E-state index contributed by atoms with van der Waals surface area (Å²) < 4.78 is 5.42. The summed E-state index contributed by atoms with van der Waals surface area (Å²) in [6, 6.07) is 7.35. The second-order valence-corrected chi connectivity index (χ2v) is 2.91. The molecule has 1 rings (SSSR count). The van der Waals surface area contributed by atoms with Crippen LogP contribution in [0, 0.1) is 0 Å². The fraction of sp³-hybridized carbons (Fsp3) is 0.0769. The molecule has 0 aliphatic heterocycles. The normalized spacial score (nSPS) is 10.8. The molecule has 0 heterocycles. The van der Waals surface area contributed by atoms with E-state index in [-0.39, 0.29) is 0 Å². The lowest BCUT2D eigenvalue weighted by Crippen LogP contribution is -1.95. The van der Waals surface area contributed by atoms with E-state index in [4.69, 9.17) is 4.74 Å². The molecule has 0 atom stereocenters. The molecule has 3 nitrogen and oxygen atoms in total. The number of benzene rings is 1. The fourth-order valence-corrected chi connectivity index (χ4v) is 1.14. The van der Waals surface area contributed by atoms with Crippen molar-refractivity contribution < 1.29 is 14.3 Å². The van der Waals surface area contributed by atoms with Gasteiger partial charge in [0, 0.05) is 5.56 Å². The molecule has 0 bridgehead atoms. The van der Waals surface area contributed by atoms with Crippen LogP contribution in [-0.2, 0) is 9.59 Å². The van der Waals surface area contributed by atoms with Crippen LogP contribution in [0.2, 0.25) is 0 Å². The average molecular weight is 216 g/mol. The van der Waals surface area contributed by atoms with Crippen molar-refractivity contribution in [2.24, 2.45) is 0 Å². The minimum Gasteiger partial charge on any atom is -0.489 e. The van der Waals surface area contributed by atoms with Crippen molar-refractivity contribution in [2.45, 2.75) is 0 Å². The van der Waals surface area contributed by atoms with E-state index in [0.717, 1.165) is 5.56 Å². The number of aldehydes is 2. The lowest BCUT2D eigenvalue weighted by Gasteiger charge is -2.06. The van der Waals surface area contributed by atoms with Gasteiger partial charge in [-0.2, -0.15) is 0 Å². The smallest absolute Gasteiger partial charge is 0.142 e. The molecule has 0 saturated heterocycles. The third-order valence-electron chi connectivity index (χ3n) is 1.82. The van der Waals surface area contributed by atoms with Crippen molar-refractivity contribution in [1.82, 2.24) is 0 Å². The Morgan fingerprint density at radius 3 is 2.56 bits per heavy atom. The Labute approximate surface area is 94.0 Å². The molecule has 0 aliphatic carbocycles. The van der Waals surface area contributed by atoms with Gasteiger partial charge in [-0.15, -0.1) is 0 Å². The molecule has 0 saturated carbocycles. The summed E-state index contributed by atoms with van der Waals surface area (Å²) in [5.74, 6) is 0.677. The summed E-state index contributed by atoms with van der Waals surface area (Å²) >= 11 is 0. The lowest BCUT2D eigenvalue weighted by atomic mass is 10.2. The molecule has 0 aromatic heterocycles. The molecule has 1 aromatic rings. The predicted octanol–water partition coefficient (Wildman–Crippen LogP) is 2.03. The SMILES string of the molecule is O=C/C=C/COc1ccccc1/C=C/C=O. The maximum atomic E-state index is 10.2. The van der Waals surface area contributed by atoms with Crippen LogP contribution in [0.15, 0.2) is 42.5 Å². The van der Waals surface area contributed by atoms with Crippen LogP contribution in [0.3, 0.4) is 0 Å². The van der Waals surface area contributed by atoms with Gasteiger partial charge in [-0.05, 0) is 30.4 Å². The monoisotopic (exact) mass is 216 g/mol. The van der Waals surface area contributed by atoms with Gasteiger partial charge in [0.2, 0.25) is 0 Å². The van der Waals surface area contributed by atoms with Crippen LogP contribution < -0.4 is 4.74 Å². The van der Waals surface area contributed by atoms with E-state index >= 15 is 0 Å². The Kier molecular flexibility index (Phi) is 5.34. The Bertz CT molecular complexity index is 405. The second-order valence-electron chi connectivity index (χ2n) is 2.91. The Hall–Kier alpha value is -2.16.